The van der Waals surface area contributed by atoms with Crippen LogP contribution in [0, 0.1) is 5.41 Å². The van der Waals surface area contributed by atoms with E-state index in [-0.39, 0.29) is 23.9 Å². The Bertz CT molecular complexity index is 390. The summed E-state index contributed by atoms with van der Waals surface area (Å²) < 4.78 is 5.43. The van der Waals surface area contributed by atoms with Gasteiger partial charge < -0.3 is 21.0 Å². The van der Waals surface area contributed by atoms with Gasteiger partial charge in [0.15, 0.2) is 5.84 Å². The fourth-order valence-electron chi connectivity index (χ4n) is 3.71. The molecule has 2 rings (SSSR count). The molecule has 2 unspecified atom stereocenters. The van der Waals surface area contributed by atoms with E-state index in [9.17, 15) is 4.79 Å². The highest BCUT2D eigenvalue weighted by atomic mass is 16.5. The lowest BCUT2D eigenvalue weighted by Gasteiger charge is -2.32. The molecule has 0 radical (unpaired) electrons. The van der Waals surface area contributed by atoms with Gasteiger partial charge in [0.2, 0.25) is 5.91 Å². The molecule has 0 aromatic heterocycles. The number of carbonyl (C=O) groups excluding carboxylic acids is 1. The number of amides is 1. The predicted octanol–water partition coefficient (Wildman–Crippen LogP) is 1.76. The third-order valence-corrected chi connectivity index (χ3v) is 5.06. The third kappa shape index (κ3) is 3.31. The van der Waals surface area contributed by atoms with Crippen molar-refractivity contribution in [1.82, 2.24) is 5.32 Å². The molecule has 0 saturated heterocycles. The lowest BCUT2D eigenvalue weighted by molar-refractivity contribution is -0.129. The first-order chi connectivity index (χ1) is 10.1. The van der Waals surface area contributed by atoms with E-state index in [1.807, 2.05) is 0 Å². The lowest BCUT2D eigenvalue weighted by atomic mass is 9.78. The van der Waals surface area contributed by atoms with Crippen molar-refractivity contribution in [3.63, 3.8) is 0 Å². The summed E-state index contributed by atoms with van der Waals surface area (Å²) in [4.78, 5) is 12.9. The number of nitrogens with one attached hydrogen (secondary N) is 1. The average Bonchev–Trinajstić information content (AvgIpc) is 2.79. The molecule has 6 nitrogen and oxygen atoms in total. The number of methoxy groups -OCH3 is 1. The maximum absolute atomic E-state index is 12.9. The SMILES string of the molecule is COC1CCCC1NC(=O)C1(C(N)=NO)CCCCCC1. The summed E-state index contributed by atoms with van der Waals surface area (Å²) >= 11 is 0. The van der Waals surface area contributed by atoms with Crippen LogP contribution in [0.4, 0.5) is 0 Å². The molecule has 0 spiro atoms. The number of oxime groups is 1. The third-order valence-electron chi connectivity index (χ3n) is 5.06. The molecule has 0 aromatic rings. The van der Waals surface area contributed by atoms with Crippen LogP contribution in [0.5, 0.6) is 0 Å². The minimum absolute atomic E-state index is 0.0362. The zero-order valence-electron chi connectivity index (χ0n) is 12.8. The van der Waals surface area contributed by atoms with Crippen LogP contribution < -0.4 is 11.1 Å². The Balaban J connectivity index is 2.14. The molecule has 4 N–H and O–H groups in total. The van der Waals surface area contributed by atoms with E-state index in [1.165, 1.54) is 0 Å². The van der Waals surface area contributed by atoms with Crippen molar-refractivity contribution in [2.75, 3.05) is 7.11 Å². The van der Waals surface area contributed by atoms with Crippen LogP contribution in [-0.2, 0) is 9.53 Å². The van der Waals surface area contributed by atoms with Crippen LogP contribution in [0.25, 0.3) is 0 Å². The highest BCUT2D eigenvalue weighted by Gasteiger charge is 2.44. The Morgan fingerprint density at radius 1 is 1.24 bits per heavy atom. The Kier molecular flexibility index (Phi) is 5.45. The highest BCUT2D eigenvalue weighted by Crippen LogP contribution is 2.36. The van der Waals surface area contributed by atoms with Gasteiger partial charge in [0, 0.05) is 7.11 Å². The van der Waals surface area contributed by atoms with Crippen LogP contribution in [0.3, 0.4) is 0 Å². The standard InChI is InChI=1S/C15H27N3O3/c1-21-12-8-6-7-11(12)17-14(19)15(13(16)18-20)9-4-2-3-5-10-15/h11-12,20H,2-10H2,1H3,(H2,16,18)(H,17,19). The van der Waals surface area contributed by atoms with Crippen molar-refractivity contribution in [3.05, 3.63) is 0 Å². The summed E-state index contributed by atoms with van der Waals surface area (Å²) in [5, 5.41) is 15.4. The van der Waals surface area contributed by atoms with Gasteiger partial charge in [-0.15, -0.1) is 0 Å². The number of hydrogen-bond donors (Lipinski definition) is 3. The molecule has 0 aromatic carbocycles. The molecule has 6 heteroatoms. The number of carbonyl (C=O) groups is 1. The molecule has 2 fully saturated rings. The van der Waals surface area contributed by atoms with E-state index < -0.39 is 5.41 Å². The average molecular weight is 297 g/mol. The molecular weight excluding hydrogens is 270 g/mol. The molecule has 120 valence electrons. The van der Waals surface area contributed by atoms with Crippen molar-refractivity contribution >= 4 is 11.7 Å². The molecule has 2 saturated carbocycles. The first-order valence-corrected chi connectivity index (χ1v) is 7.96. The summed E-state index contributed by atoms with van der Waals surface area (Å²) in [6.07, 6.45) is 8.39. The summed E-state index contributed by atoms with van der Waals surface area (Å²) in [5.74, 6) is -0.0532. The monoisotopic (exact) mass is 297 g/mol. The van der Waals surface area contributed by atoms with E-state index in [0.717, 1.165) is 44.9 Å². The quantitative estimate of drug-likeness (QED) is 0.242. The van der Waals surface area contributed by atoms with Crippen molar-refractivity contribution in [2.45, 2.75) is 69.9 Å². The largest absolute Gasteiger partial charge is 0.409 e. The summed E-state index contributed by atoms with van der Waals surface area (Å²) in [7, 11) is 1.68. The molecule has 21 heavy (non-hydrogen) atoms. The Morgan fingerprint density at radius 2 is 1.90 bits per heavy atom. The number of amidine groups is 1. The summed E-state index contributed by atoms with van der Waals surface area (Å²) in [6.45, 7) is 0. The maximum Gasteiger partial charge on any atom is 0.234 e. The molecule has 2 atom stereocenters. The van der Waals surface area contributed by atoms with E-state index in [0.29, 0.717) is 12.8 Å². The minimum Gasteiger partial charge on any atom is -0.409 e. The molecule has 0 heterocycles. The lowest BCUT2D eigenvalue weighted by Crippen LogP contribution is -2.53. The van der Waals surface area contributed by atoms with Crippen molar-refractivity contribution in [3.8, 4) is 0 Å². The summed E-state index contributed by atoms with van der Waals surface area (Å²) in [6, 6.07) is 0.0362. The van der Waals surface area contributed by atoms with Gasteiger partial charge in [-0.1, -0.05) is 30.8 Å². The second-order valence-corrected chi connectivity index (χ2v) is 6.27. The predicted molar refractivity (Wildman–Crippen MR) is 80.1 cm³/mol. The first kappa shape index (κ1) is 16.1. The second kappa shape index (κ2) is 7.11. The number of rotatable bonds is 4. The zero-order valence-corrected chi connectivity index (χ0v) is 12.8. The van der Waals surface area contributed by atoms with E-state index in [4.69, 9.17) is 15.7 Å². The van der Waals surface area contributed by atoms with E-state index >= 15 is 0 Å². The van der Waals surface area contributed by atoms with Gasteiger partial charge in [-0.2, -0.15) is 0 Å². The smallest absolute Gasteiger partial charge is 0.234 e. The number of nitrogens with two attached hydrogens (primary N) is 1. The van der Waals surface area contributed by atoms with Crippen LogP contribution in [0.2, 0.25) is 0 Å². The van der Waals surface area contributed by atoms with Gasteiger partial charge in [-0.25, -0.2) is 0 Å². The molecule has 0 aliphatic heterocycles. The number of nitrogens with zero attached hydrogens (tertiary/aromatic N) is 1. The summed E-state index contributed by atoms with van der Waals surface area (Å²) in [5.41, 5.74) is 5.05. The minimum atomic E-state index is -0.855. The van der Waals surface area contributed by atoms with Gasteiger partial charge in [-0.05, 0) is 32.1 Å². The molecule has 2 aliphatic rings. The van der Waals surface area contributed by atoms with E-state index in [1.54, 1.807) is 7.11 Å². The van der Waals surface area contributed by atoms with Gasteiger partial charge in [0.1, 0.15) is 5.41 Å². The Hall–Kier alpha value is -1.30. The van der Waals surface area contributed by atoms with Crippen LogP contribution in [0.15, 0.2) is 5.16 Å². The van der Waals surface area contributed by atoms with Crippen LogP contribution in [-0.4, -0.2) is 36.2 Å². The van der Waals surface area contributed by atoms with Gasteiger partial charge in [0.25, 0.3) is 0 Å². The van der Waals surface area contributed by atoms with Crippen molar-refractivity contribution in [2.24, 2.45) is 16.3 Å². The topological polar surface area (TPSA) is 96.9 Å². The van der Waals surface area contributed by atoms with Crippen molar-refractivity contribution < 1.29 is 14.7 Å². The fourth-order valence-corrected chi connectivity index (χ4v) is 3.71. The molecular formula is C15H27N3O3. The van der Waals surface area contributed by atoms with Gasteiger partial charge in [-0.3, -0.25) is 4.79 Å². The fraction of sp³-hybridized carbons (Fsp3) is 0.867. The van der Waals surface area contributed by atoms with Gasteiger partial charge >= 0.3 is 0 Å². The first-order valence-electron chi connectivity index (χ1n) is 7.96. The number of ether oxygens (including phenoxy) is 1. The molecule has 0 bridgehead atoms. The zero-order chi connectivity index (χ0) is 15.3. The van der Waals surface area contributed by atoms with Gasteiger partial charge in [0.05, 0.1) is 12.1 Å². The normalized spacial score (nSPS) is 29.9. The van der Waals surface area contributed by atoms with Crippen LogP contribution >= 0.6 is 0 Å². The Labute approximate surface area is 126 Å². The highest BCUT2D eigenvalue weighted by molar-refractivity contribution is 6.06. The number of hydrogen-bond acceptors (Lipinski definition) is 4. The molecule has 2 aliphatic carbocycles. The maximum atomic E-state index is 12.9. The Morgan fingerprint density at radius 3 is 2.48 bits per heavy atom. The molecule has 1 amide bonds. The van der Waals surface area contributed by atoms with E-state index in [2.05, 4.69) is 10.5 Å². The van der Waals surface area contributed by atoms with Crippen molar-refractivity contribution in [1.29, 1.82) is 0 Å². The van der Waals surface area contributed by atoms with Crippen LogP contribution in [0.1, 0.15) is 57.8 Å². The second-order valence-electron chi connectivity index (χ2n) is 6.27.